The lowest BCUT2D eigenvalue weighted by Gasteiger charge is -1.99. The fourth-order valence-electron chi connectivity index (χ4n) is 1.94. The number of hydrogen-bond acceptors (Lipinski definition) is 4. The molecule has 3 rings (SSSR count). The average Bonchev–Trinajstić information content (AvgIpc) is 2.92. The Labute approximate surface area is 120 Å². The van der Waals surface area contributed by atoms with E-state index in [0.717, 1.165) is 11.3 Å². The number of oxazole rings is 1. The van der Waals surface area contributed by atoms with E-state index in [0.29, 0.717) is 27.8 Å². The van der Waals surface area contributed by atoms with Crippen molar-refractivity contribution in [1.82, 2.24) is 4.98 Å². The number of ether oxygens (including phenoxy) is 2. The molecule has 4 nitrogen and oxygen atoms in total. The van der Waals surface area contributed by atoms with Gasteiger partial charge in [0.15, 0.2) is 5.58 Å². The SMILES string of the molecule is COc1ccc(-c2nc3cc(OC)cc(Cl)c3o2)cc1. The highest BCUT2D eigenvalue weighted by Gasteiger charge is 2.12. The molecule has 0 atom stereocenters. The van der Waals surface area contributed by atoms with Crippen molar-refractivity contribution in [2.45, 2.75) is 0 Å². The summed E-state index contributed by atoms with van der Waals surface area (Å²) in [7, 11) is 3.21. The Bertz CT molecular complexity index is 750. The third kappa shape index (κ3) is 2.18. The van der Waals surface area contributed by atoms with Gasteiger partial charge in [-0.3, -0.25) is 0 Å². The van der Waals surface area contributed by atoms with Crippen LogP contribution in [-0.4, -0.2) is 19.2 Å². The van der Waals surface area contributed by atoms with E-state index in [1.54, 1.807) is 26.4 Å². The maximum Gasteiger partial charge on any atom is 0.227 e. The fourth-order valence-corrected chi connectivity index (χ4v) is 2.19. The zero-order valence-corrected chi connectivity index (χ0v) is 11.8. The van der Waals surface area contributed by atoms with Gasteiger partial charge in [-0.15, -0.1) is 0 Å². The Morgan fingerprint density at radius 2 is 1.70 bits per heavy atom. The first-order valence-electron chi connectivity index (χ1n) is 6.00. The van der Waals surface area contributed by atoms with Crippen molar-refractivity contribution in [3.05, 3.63) is 41.4 Å². The van der Waals surface area contributed by atoms with Crippen molar-refractivity contribution in [3.8, 4) is 23.0 Å². The van der Waals surface area contributed by atoms with Crippen LogP contribution >= 0.6 is 11.6 Å². The van der Waals surface area contributed by atoms with Crippen LogP contribution in [-0.2, 0) is 0 Å². The number of aromatic nitrogens is 1. The standard InChI is InChI=1S/C15H12ClNO3/c1-18-10-5-3-9(4-6-10)15-17-13-8-11(19-2)7-12(16)14(13)20-15/h3-8H,1-2H3. The minimum absolute atomic E-state index is 0.478. The number of methoxy groups -OCH3 is 2. The van der Waals surface area contributed by atoms with E-state index >= 15 is 0 Å². The van der Waals surface area contributed by atoms with Gasteiger partial charge < -0.3 is 13.9 Å². The summed E-state index contributed by atoms with van der Waals surface area (Å²) in [5.41, 5.74) is 2.08. The molecule has 20 heavy (non-hydrogen) atoms. The van der Waals surface area contributed by atoms with Gasteiger partial charge in [0, 0.05) is 17.7 Å². The van der Waals surface area contributed by atoms with Crippen molar-refractivity contribution < 1.29 is 13.9 Å². The molecule has 0 spiro atoms. The molecule has 102 valence electrons. The summed E-state index contributed by atoms with van der Waals surface area (Å²) in [4.78, 5) is 4.44. The van der Waals surface area contributed by atoms with E-state index in [2.05, 4.69) is 4.98 Å². The van der Waals surface area contributed by atoms with Crippen LogP contribution in [0.15, 0.2) is 40.8 Å². The summed E-state index contributed by atoms with van der Waals surface area (Å²) in [5, 5.41) is 0.478. The highest BCUT2D eigenvalue weighted by Crippen LogP contribution is 2.33. The summed E-state index contributed by atoms with van der Waals surface area (Å²) >= 11 is 6.16. The van der Waals surface area contributed by atoms with Gasteiger partial charge in [-0.05, 0) is 24.3 Å². The Hall–Kier alpha value is -2.20. The molecule has 5 heteroatoms. The molecule has 2 aromatic carbocycles. The molecule has 0 aliphatic heterocycles. The molecule has 0 bridgehead atoms. The largest absolute Gasteiger partial charge is 0.497 e. The van der Waals surface area contributed by atoms with Crippen LogP contribution in [0.2, 0.25) is 5.02 Å². The number of fused-ring (bicyclic) bond motifs is 1. The number of benzene rings is 2. The molecule has 0 radical (unpaired) electrons. The molecule has 0 N–H and O–H groups in total. The van der Waals surface area contributed by atoms with E-state index in [1.165, 1.54) is 0 Å². The van der Waals surface area contributed by atoms with Crippen LogP contribution in [0, 0.1) is 0 Å². The Morgan fingerprint density at radius 1 is 1.00 bits per heavy atom. The first kappa shape index (κ1) is 12.8. The van der Waals surface area contributed by atoms with E-state index in [1.807, 2.05) is 24.3 Å². The van der Waals surface area contributed by atoms with Crippen molar-refractivity contribution in [1.29, 1.82) is 0 Å². The maximum atomic E-state index is 6.16. The lowest BCUT2D eigenvalue weighted by Crippen LogP contribution is -1.83. The zero-order valence-electron chi connectivity index (χ0n) is 11.0. The first-order valence-corrected chi connectivity index (χ1v) is 6.37. The van der Waals surface area contributed by atoms with Gasteiger partial charge in [0.25, 0.3) is 0 Å². The van der Waals surface area contributed by atoms with Crippen LogP contribution in [0.4, 0.5) is 0 Å². The minimum Gasteiger partial charge on any atom is -0.497 e. The molecule has 0 fully saturated rings. The van der Waals surface area contributed by atoms with E-state index in [-0.39, 0.29) is 0 Å². The van der Waals surface area contributed by atoms with Gasteiger partial charge in [0.1, 0.15) is 17.0 Å². The number of halogens is 1. The highest BCUT2D eigenvalue weighted by molar-refractivity contribution is 6.34. The van der Waals surface area contributed by atoms with Gasteiger partial charge in [-0.1, -0.05) is 11.6 Å². The lowest BCUT2D eigenvalue weighted by molar-refractivity contribution is 0.415. The molecule has 0 saturated heterocycles. The van der Waals surface area contributed by atoms with Gasteiger partial charge in [0.05, 0.1) is 19.2 Å². The number of rotatable bonds is 3. The lowest BCUT2D eigenvalue weighted by atomic mass is 10.2. The minimum atomic E-state index is 0.478. The summed E-state index contributed by atoms with van der Waals surface area (Å²) < 4.78 is 16.0. The topological polar surface area (TPSA) is 44.5 Å². The van der Waals surface area contributed by atoms with Gasteiger partial charge >= 0.3 is 0 Å². The molecule has 3 aromatic rings. The summed E-state index contributed by atoms with van der Waals surface area (Å²) in [6.45, 7) is 0. The second-order valence-electron chi connectivity index (χ2n) is 4.20. The number of hydrogen-bond donors (Lipinski definition) is 0. The van der Waals surface area contributed by atoms with E-state index in [9.17, 15) is 0 Å². The van der Waals surface area contributed by atoms with Crippen molar-refractivity contribution in [2.75, 3.05) is 14.2 Å². The normalized spacial score (nSPS) is 10.8. The maximum absolute atomic E-state index is 6.16. The molecular formula is C15H12ClNO3. The van der Waals surface area contributed by atoms with Crippen LogP contribution in [0.25, 0.3) is 22.6 Å². The third-order valence-corrected chi connectivity index (χ3v) is 3.27. The molecule has 0 saturated carbocycles. The highest BCUT2D eigenvalue weighted by atomic mass is 35.5. The predicted molar refractivity (Wildman–Crippen MR) is 77.6 cm³/mol. The summed E-state index contributed by atoms with van der Waals surface area (Å²) in [6.07, 6.45) is 0. The van der Waals surface area contributed by atoms with Crippen molar-refractivity contribution in [3.63, 3.8) is 0 Å². The molecule has 1 heterocycles. The van der Waals surface area contributed by atoms with E-state index < -0.39 is 0 Å². The molecule has 0 amide bonds. The van der Waals surface area contributed by atoms with Crippen LogP contribution in [0.3, 0.4) is 0 Å². The monoisotopic (exact) mass is 289 g/mol. The second-order valence-corrected chi connectivity index (χ2v) is 4.61. The molecule has 0 aliphatic rings. The van der Waals surface area contributed by atoms with Gasteiger partial charge in [-0.2, -0.15) is 0 Å². The quantitative estimate of drug-likeness (QED) is 0.726. The van der Waals surface area contributed by atoms with Crippen LogP contribution < -0.4 is 9.47 Å². The van der Waals surface area contributed by atoms with E-state index in [4.69, 9.17) is 25.5 Å². The van der Waals surface area contributed by atoms with Gasteiger partial charge in [-0.25, -0.2) is 4.98 Å². The summed E-state index contributed by atoms with van der Waals surface area (Å²) in [5.74, 6) is 1.94. The molecular weight excluding hydrogens is 278 g/mol. The Kier molecular flexibility index (Phi) is 3.24. The van der Waals surface area contributed by atoms with Gasteiger partial charge in [0.2, 0.25) is 5.89 Å². The average molecular weight is 290 g/mol. The second kappa shape index (κ2) is 5.06. The fraction of sp³-hybridized carbons (Fsp3) is 0.133. The van der Waals surface area contributed by atoms with Crippen LogP contribution in [0.1, 0.15) is 0 Å². The van der Waals surface area contributed by atoms with Crippen LogP contribution in [0.5, 0.6) is 11.5 Å². The zero-order chi connectivity index (χ0) is 14.1. The third-order valence-electron chi connectivity index (χ3n) is 2.99. The molecule has 1 aromatic heterocycles. The molecule has 0 unspecified atom stereocenters. The Balaban J connectivity index is 2.09. The Morgan fingerprint density at radius 3 is 2.35 bits per heavy atom. The van der Waals surface area contributed by atoms with Crippen molar-refractivity contribution >= 4 is 22.7 Å². The first-order chi connectivity index (χ1) is 9.71. The number of nitrogens with zero attached hydrogens (tertiary/aromatic N) is 1. The predicted octanol–water partition coefficient (Wildman–Crippen LogP) is 4.17. The smallest absolute Gasteiger partial charge is 0.227 e. The summed E-state index contributed by atoms with van der Waals surface area (Å²) in [6, 6.07) is 11.0. The van der Waals surface area contributed by atoms with Crippen molar-refractivity contribution in [2.24, 2.45) is 0 Å². The molecule has 0 aliphatic carbocycles.